The van der Waals surface area contributed by atoms with Crippen molar-refractivity contribution in [3.05, 3.63) is 0 Å². The van der Waals surface area contributed by atoms with Crippen LogP contribution in [-0.2, 0) is 0 Å². The van der Waals surface area contributed by atoms with Crippen LogP contribution in [0.3, 0.4) is 0 Å². The SMILES string of the molecule is NC(CCO)(CCO)CC(O)CC(F)(F)C(F)(F)C(F)(F)C(F)(F)C(F)(F)C(F)(F)C(F)(F)C(F)(F)F. The topological polar surface area (TPSA) is 86.7 Å². The highest BCUT2D eigenvalue weighted by molar-refractivity contribution is 5.15. The number of hydrogen-bond acceptors (Lipinski definition) is 4. The van der Waals surface area contributed by atoms with Crippen LogP contribution in [0.15, 0.2) is 0 Å². The molecule has 0 bridgehead atoms. The van der Waals surface area contributed by atoms with Crippen molar-refractivity contribution in [3.63, 3.8) is 0 Å². The van der Waals surface area contributed by atoms with E-state index in [0.29, 0.717) is 0 Å². The highest BCUT2D eigenvalue weighted by Gasteiger charge is 2.95. The van der Waals surface area contributed by atoms with Crippen LogP contribution in [0, 0.1) is 0 Å². The Hall–Kier alpha value is -1.35. The van der Waals surface area contributed by atoms with Crippen molar-refractivity contribution in [1.29, 1.82) is 0 Å². The largest absolute Gasteiger partial charge is 0.460 e. The predicted octanol–water partition coefficient (Wildman–Crippen LogP) is 4.60. The molecule has 1 atom stereocenters. The second-order valence-electron chi connectivity index (χ2n) is 8.02. The van der Waals surface area contributed by atoms with Gasteiger partial charge in [0.1, 0.15) is 0 Å². The Morgan fingerprint density at radius 1 is 0.486 bits per heavy atom. The molecule has 0 radical (unpaired) electrons. The molecule has 4 nitrogen and oxygen atoms in total. The van der Waals surface area contributed by atoms with Crippen LogP contribution in [0.1, 0.15) is 25.7 Å². The molecule has 0 spiro atoms. The first-order chi connectivity index (χ1) is 16.0. The second kappa shape index (κ2) is 10.3. The highest BCUT2D eigenvalue weighted by atomic mass is 19.4. The third-order valence-electron chi connectivity index (χ3n) is 5.14. The van der Waals surface area contributed by atoms with E-state index < -0.39 is 98.2 Å². The van der Waals surface area contributed by atoms with Crippen LogP contribution in [0.2, 0.25) is 0 Å². The normalized spacial score (nSPS) is 16.8. The Morgan fingerprint density at radius 2 is 0.784 bits per heavy atom. The summed E-state index contributed by atoms with van der Waals surface area (Å²) in [5.41, 5.74) is 3.37. The number of alkyl halides is 17. The van der Waals surface area contributed by atoms with E-state index >= 15 is 0 Å². The molecule has 0 aliphatic carbocycles. The van der Waals surface area contributed by atoms with Crippen molar-refractivity contribution in [2.45, 2.75) is 85.0 Å². The van der Waals surface area contributed by atoms with E-state index in [-0.39, 0.29) is 0 Å². The van der Waals surface area contributed by atoms with Crippen LogP contribution >= 0.6 is 0 Å². The van der Waals surface area contributed by atoms with Crippen LogP contribution in [0.25, 0.3) is 0 Å². The molecule has 0 heterocycles. The maximum atomic E-state index is 13.9. The van der Waals surface area contributed by atoms with Gasteiger partial charge in [-0.3, -0.25) is 0 Å². The molecular weight excluding hydrogens is 577 g/mol. The molecule has 0 saturated carbocycles. The van der Waals surface area contributed by atoms with Gasteiger partial charge < -0.3 is 21.1 Å². The van der Waals surface area contributed by atoms with Crippen LogP contribution in [0.4, 0.5) is 74.6 Å². The number of halogens is 17. The fourth-order valence-electron chi connectivity index (χ4n) is 2.94. The zero-order valence-corrected chi connectivity index (χ0v) is 17.7. The molecule has 1 unspecified atom stereocenters. The molecule has 5 N–H and O–H groups in total. The Balaban J connectivity index is 6.45. The van der Waals surface area contributed by atoms with Gasteiger partial charge in [0.15, 0.2) is 0 Å². The molecule has 0 amide bonds. The smallest absolute Gasteiger partial charge is 0.396 e. The summed E-state index contributed by atoms with van der Waals surface area (Å²) in [4.78, 5) is 0. The molecule has 37 heavy (non-hydrogen) atoms. The molecular formula is C16H18F17NO3. The van der Waals surface area contributed by atoms with Gasteiger partial charge >= 0.3 is 47.6 Å². The molecule has 224 valence electrons. The summed E-state index contributed by atoms with van der Waals surface area (Å²) in [5.74, 6) is -57.4. The van der Waals surface area contributed by atoms with Gasteiger partial charge in [-0.2, -0.15) is 74.6 Å². The zero-order chi connectivity index (χ0) is 30.3. The van der Waals surface area contributed by atoms with Crippen molar-refractivity contribution < 1.29 is 90.0 Å². The summed E-state index contributed by atoms with van der Waals surface area (Å²) < 4.78 is 225. The molecule has 0 rings (SSSR count). The molecule has 0 fully saturated rings. The molecule has 0 aromatic carbocycles. The van der Waals surface area contributed by atoms with E-state index in [1.165, 1.54) is 0 Å². The van der Waals surface area contributed by atoms with E-state index in [2.05, 4.69) is 0 Å². The van der Waals surface area contributed by atoms with Gasteiger partial charge in [0.2, 0.25) is 0 Å². The first kappa shape index (κ1) is 35.6. The van der Waals surface area contributed by atoms with Gasteiger partial charge in [-0.25, -0.2) is 0 Å². The Labute approximate surface area is 195 Å². The third kappa shape index (κ3) is 5.82. The Morgan fingerprint density at radius 3 is 1.08 bits per heavy atom. The number of aliphatic hydroxyl groups is 3. The number of nitrogens with two attached hydrogens (primary N) is 1. The van der Waals surface area contributed by atoms with Crippen LogP contribution in [-0.4, -0.2) is 87.8 Å². The molecule has 0 saturated heterocycles. The minimum Gasteiger partial charge on any atom is -0.396 e. The summed E-state index contributed by atoms with van der Waals surface area (Å²) >= 11 is 0. The van der Waals surface area contributed by atoms with Gasteiger partial charge in [0.05, 0.1) is 6.10 Å². The van der Waals surface area contributed by atoms with E-state index in [1.807, 2.05) is 0 Å². The highest BCUT2D eigenvalue weighted by Crippen LogP contribution is 2.64. The van der Waals surface area contributed by atoms with Crippen molar-refractivity contribution in [2.75, 3.05) is 13.2 Å². The molecule has 0 aliphatic rings. The van der Waals surface area contributed by atoms with Crippen LogP contribution < -0.4 is 5.73 Å². The lowest BCUT2D eigenvalue weighted by molar-refractivity contribution is -0.462. The van der Waals surface area contributed by atoms with Gasteiger partial charge in [0.25, 0.3) is 0 Å². The monoisotopic (exact) mass is 595 g/mol. The Kier molecular flexibility index (Phi) is 9.95. The first-order valence-electron chi connectivity index (χ1n) is 9.37. The number of rotatable bonds is 14. The van der Waals surface area contributed by atoms with Crippen molar-refractivity contribution in [1.82, 2.24) is 0 Å². The number of aliphatic hydroxyl groups excluding tert-OH is 3. The summed E-state index contributed by atoms with van der Waals surface area (Å²) in [7, 11) is 0. The fourth-order valence-corrected chi connectivity index (χ4v) is 2.94. The first-order valence-corrected chi connectivity index (χ1v) is 9.37. The van der Waals surface area contributed by atoms with E-state index in [4.69, 9.17) is 15.9 Å². The average Bonchev–Trinajstić information content (AvgIpc) is 2.65. The average molecular weight is 595 g/mol. The zero-order valence-electron chi connectivity index (χ0n) is 17.7. The number of hydrogen-bond donors (Lipinski definition) is 4. The lowest BCUT2D eigenvalue weighted by Gasteiger charge is -2.43. The maximum absolute atomic E-state index is 13.9. The van der Waals surface area contributed by atoms with Crippen molar-refractivity contribution in [2.24, 2.45) is 5.73 Å². The quantitative estimate of drug-likeness (QED) is 0.221. The van der Waals surface area contributed by atoms with Crippen LogP contribution in [0.5, 0.6) is 0 Å². The van der Waals surface area contributed by atoms with E-state index in [1.54, 1.807) is 0 Å². The third-order valence-corrected chi connectivity index (χ3v) is 5.14. The van der Waals surface area contributed by atoms with Crippen molar-refractivity contribution >= 4 is 0 Å². The maximum Gasteiger partial charge on any atom is 0.460 e. The van der Waals surface area contributed by atoms with E-state index in [9.17, 15) is 79.7 Å². The minimum absolute atomic E-state index is 0.671. The second-order valence-corrected chi connectivity index (χ2v) is 8.02. The molecule has 21 heteroatoms. The van der Waals surface area contributed by atoms with Gasteiger partial charge in [0, 0.05) is 25.2 Å². The lowest BCUT2D eigenvalue weighted by Crippen LogP contribution is -2.74. The molecule has 0 aromatic heterocycles. The summed E-state index contributed by atoms with van der Waals surface area (Å²) in [6.07, 6.45) is -16.6. The van der Waals surface area contributed by atoms with Gasteiger partial charge in [-0.1, -0.05) is 0 Å². The summed E-state index contributed by atoms with van der Waals surface area (Å²) in [6.45, 7) is -1.79. The summed E-state index contributed by atoms with van der Waals surface area (Å²) in [6, 6.07) is 0. The lowest BCUT2D eigenvalue weighted by atomic mass is 9.83. The fraction of sp³-hybridized carbons (Fsp3) is 1.00. The molecule has 0 aliphatic heterocycles. The van der Waals surface area contributed by atoms with Gasteiger partial charge in [-0.05, 0) is 19.3 Å². The Bertz CT molecular complexity index is 762. The summed E-state index contributed by atoms with van der Waals surface area (Å²) in [5, 5.41) is 27.1. The van der Waals surface area contributed by atoms with Gasteiger partial charge in [-0.15, -0.1) is 0 Å². The predicted molar refractivity (Wildman–Crippen MR) is 86.2 cm³/mol. The standard InChI is InChI=1S/C16H18F17NO3/c17-9(18,6-7(37)5-8(34,1-3-35)2-4-36)10(19,20)11(21,22)12(23,24)13(25,26)14(27,28)15(29,30)16(31,32)33/h7,35-37H,1-6,34H2. The van der Waals surface area contributed by atoms with E-state index in [0.717, 1.165) is 0 Å². The molecule has 0 aromatic rings. The minimum atomic E-state index is -8.73. The van der Waals surface area contributed by atoms with Crippen molar-refractivity contribution in [3.8, 4) is 0 Å².